The number of thioether (sulfide) groups is 1. The number of amides is 1. The average Bonchev–Trinajstić information content (AvgIpc) is 2.14. The standard InChI is InChI=1S/C10H15NOS/c1-2-3-4-8-6-11-9(12)5-10(11)13-7-8/h6,10H,2-5,7H2,1H3. The molecule has 1 saturated heterocycles. The monoisotopic (exact) mass is 197 g/mol. The number of unbranched alkanes of at least 4 members (excludes halogenated alkanes) is 1. The Balaban J connectivity index is 1.93. The lowest BCUT2D eigenvalue weighted by atomic mass is 10.1. The van der Waals surface area contributed by atoms with Crippen LogP contribution in [0, 0.1) is 0 Å². The fourth-order valence-corrected chi connectivity index (χ4v) is 2.90. The molecule has 1 fully saturated rings. The van der Waals surface area contributed by atoms with Gasteiger partial charge in [0.2, 0.25) is 5.91 Å². The van der Waals surface area contributed by atoms with E-state index in [1.807, 2.05) is 16.7 Å². The fraction of sp³-hybridized carbons (Fsp3) is 0.700. The minimum absolute atomic E-state index is 0.297. The van der Waals surface area contributed by atoms with Gasteiger partial charge < -0.3 is 4.90 Å². The number of rotatable bonds is 3. The van der Waals surface area contributed by atoms with Crippen molar-refractivity contribution in [3.8, 4) is 0 Å². The second kappa shape index (κ2) is 3.74. The normalized spacial score (nSPS) is 26.5. The maximum atomic E-state index is 11.2. The second-order valence-corrected chi connectivity index (χ2v) is 4.83. The first-order valence-corrected chi connectivity index (χ1v) is 5.98. The third-order valence-electron chi connectivity index (χ3n) is 2.58. The third kappa shape index (κ3) is 1.75. The number of β-lactam (4-membered cyclic amide) rings is 1. The van der Waals surface area contributed by atoms with Crippen LogP contribution in [0.1, 0.15) is 32.6 Å². The smallest absolute Gasteiger partial charge is 0.230 e. The molecule has 0 bridgehead atoms. The van der Waals surface area contributed by atoms with Crippen molar-refractivity contribution in [3.63, 3.8) is 0 Å². The first-order valence-electron chi connectivity index (χ1n) is 4.93. The summed E-state index contributed by atoms with van der Waals surface area (Å²) < 4.78 is 0. The van der Waals surface area contributed by atoms with Gasteiger partial charge in [-0.2, -0.15) is 0 Å². The summed E-state index contributed by atoms with van der Waals surface area (Å²) in [5.41, 5.74) is 1.44. The highest BCUT2D eigenvalue weighted by Gasteiger charge is 2.37. The van der Waals surface area contributed by atoms with E-state index in [9.17, 15) is 4.79 Å². The van der Waals surface area contributed by atoms with E-state index >= 15 is 0 Å². The van der Waals surface area contributed by atoms with Gasteiger partial charge in [0.25, 0.3) is 0 Å². The van der Waals surface area contributed by atoms with Crippen LogP contribution >= 0.6 is 11.8 Å². The second-order valence-electron chi connectivity index (χ2n) is 3.66. The lowest BCUT2D eigenvalue weighted by molar-refractivity contribution is -0.137. The first-order chi connectivity index (χ1) is 6.31. The van der Waals surface area contributed by atoms with E-state index in [0.717, 1.165) is 12.2 Å². The number of hydrogen-bond donors (Lipinski definition) is 0. The van der Waals surface area contributed by atoms with Crippen molar-refractivity contribution >= 4 is 17.7 Å². The Labute approximate surface area is 83.4 Å². The summed E-state index contributed by atoms with van der Waals surface area (Å²) >= 11 is 1.91. The molecule has 3 heteroatoms. The molecule has 1 unspecified atom stereocenters. The summed E-state index contributed by atoms with van der Waals surface area (Å²) in [6.45, 7) is 2.20. The van der Waals surface area contributed by atoms with Crippen LogP contribution in [-0.4, -0.2) is 21.9 Å². The molecule has 72 valence electrons. The molecule has 0 aromatic rings. The minimum Gasteiger partial charge on any atom is -0.306 e. The van der Waals surface area contributed by atoms with Crippen LogP contribution in [0.2, 0.25) is 0 Å². The van der Waals surface area contributed by atoms with Crippen LogP contribution in [0.15, 0.2) is 11.8 Å². The van der Waals surface area contributed by atoms with E-state index in [-0.39, 0.29) is 0 Å². The molecule has 0 aliphatic carbocycles. The van der Waals surface area contributed by atoms with E-state index in [0.29, 0.717) is 11.3 Å². The summed E-state index contributed by atoms with van der Waals surface area (Å²) in [7, 11) is 0. The highest BCUT2D eigenvalue weighted by molar-refractivity contribution is 8.00. The molecule has 0 aromatic heterocycles. The molecule has 0 saturated carbocycles. The number of nitrogens with zero attached hydrogens (tertiary/aromatic N) is 1. The molecule has 1 amide bonds. The topological polar surface area (TPSA) is 20.3 Å². The van der Waals surface area contributed by atoms with Gasteiger partial charge in [0.15, 0.2) is 0 Å². The van der Waals surface area contributed by atoms with Gasteiger partial charge in [-0.15, -0.1) is 11.8 Å². The lowest BCUT2D eigenvalue weighted by Crippen LogP contribution is -2.49. The molecule has 0 N–H and O–H groups in total. The Kier molecular flexibility index (Phi) is 2.63. The third-order valence-corrected chi connectivity index (χ3v) is 3.90. The summed E-state index contributed by atoms with van der Waals surface area (Å²) in [6, 6.07) is 0. The zero-order valence-electron chi connectivity index (χ0n) is 7.95. The maximum Gasteiger partial charge on any atom is 0.230 e. The predicted octanol–water partition coefficient (Wildman–Crippen LogP) is 2.37. The Morgan fingerprint density at radius 3 is 3.23 bits per heavy atom. The van der Waals surface area contributed by atoms with E-state index in [2.05, 4.69) is 13.1 Å². The summed E-state index contributed by atoms with van der Waals surface area (Å²) in [4.78, 5) is 13.1. The minimum atomic E-state index is 0.297. The Morgan fingerprint density at radius 1 is 1.69 bits per heavy atom. The van der Waals surface area contributed by atoms with Crippen LogP contribution in [0.5, 0.6) is 0 Å². The van der Waals surface area contributed by atoms with Gasteiger partial charge in [0, 0.05) is 12.0 Å². The molecule has 2 rings (SSSR count). The van der Waals surface area contributed by atoms with Gasteiger partial charge in [0.05, 0.1) is 11.8 Å². The molecular weight excluding hydrogens is 182 g/mol. The average molecular weight is 197 g/mol. The van der Waals surface area contributed by atoms with E-state index in [1.54, 1.807) is 0 Å². The molecule has 0 spiro atoms. The van der Waals surface area contributed by atoms with Crippen molar-refractivity contribution in [3.05, 3.63) is 11.8 Å². The molecule has 13 heavy (non-hydrogen) atoms. The van der Waals surface area contributed by atoms with Crippen molar-refractivity contribution in [1.29, 1.82) is 0 Å². The summed E-state index contributed by atoms with van der Waals surface area (Å²) in [5, 5.41) is 0.470. The zero-order valence-corrected chi connectivity index (χ0v) is 8.77. The van der Waals surface area contributed by atoms with Crippen LogP contribution in [-0.2, 0) is 4.79 Å². The fourth-order valence-electron chi connectivity index (χ4n) is 1.67. The lowest BCUT2D eigenvalue weighted by Gasteiger charge is -2.41. The molecule has 2 heterocycles. The maximum absolute atomic E-state index is 11.2. The molecule has 2 nitrogen and oxygen atoms in total. The summed E-state index contributed by atoms with van der Waals surface area (Å²) in [5.74, 6) is 1.43. The largest absolute Gasteiger partial charge is 0.306 e. The van der Waals surface area contributed by atoms with Crippen molar-refractivity contribution < 1.29 is 4.79 Å². The van der Waals surface area contributed by atoms with Crippen LogP contribution in [0.3, 0.4) is 0 Å². The van der Waals surface area contributed by atoms with E-state index in [1.165, 1.54) is 24.8 Å². The molecule has 0 radical (unpaired) electrons. The zero-order chi connectivity index (χ0) is 9.26. The SMILES string of the molecule is CCCCC1=CN2C(=O)CC2SC1. The van der Waals surface area contributed by atoms with Gasteiger partial charge in [-0.05, 0) is 18.4 Å². The Bertz CT molecular complexity index is 249. The highest BCUT2D eigenvalue weighted by Crippen LogP contribution is 2.36. The first kappa shape index (κ1) is 9.13. The number of hydrogen-bond acceptors (Lipinski definition) is 2. The van der Waals surface area contributed by atoms with Gasteiger partial charge in [-0.1, -0.05) is 13.3 Å². The van der Waals surface area contributed by atoms with Crippen LogP contribution in [0.4, 0.5) is 0 Å². The highest BCUT2D eigenvalue weighted by atomic mass is 32.2. The van der Waals surface area contributed by atoms with Crippen molar-refractivity contribution in [2.24, 2.45) is 0 Å². The Hall–Kier alpha value is -0.440. The van der Waals surface area contributed by atoms with E-state index < -0.39 is 0 Å². The number of carbonyl (C=O) groups excluding carboxylic acids is 1. The predicted molar refractivity (Wildman–Crippen MR) is 55.3 cm³/mol. The summed E-state index contributed by atoms with van der Waals surface area (Å²) in [6.07, 6.45) is 6.49. The van der Waals surface area contributed by atoms with Crippen LogP contribution in [0.25, 0.3) is 0 Å². The molecular formula is C10H15NOS. The molecule has 0 aromatic carbocycles. The van der Waals surface area contributed by atoms with Gasteiger partial charge in [-0.3, -0.25) is 4.79 Å². The molecule has 2 aliphatic heterocycles. The van der Waals surface area contributed by atoms with Crippen molar-refractivity contribution in [1.82, 2.24) is 4.90 Å². The molecule has 2 aliphatic rings. The molecule has 1 atom stereocenters. The van der Waals surface area contributed by atoms with Crippen molar-refractivity contribution in [2.75, 3.05) is 5.75 Å². The van der Waals surface area contributed by atoms with Gasteiger partial charge in [-0.25, -0.2) is 0 Å². The number of carbonyl (C=O) groups is 1. The van der Waals surface area contributed by atoms with Gasteiger partial charge in [0.1, 0.15) is 0 Å². The van der Waals surface area contributed by atoms with E-state index in [4.69, 9.17) is 0 Å². The quantitative estimate of drug-likeness (QED) is 0.647. The number of fused-ring (bicyclic) bond motifs is 1. The Morgan fingerprint density at radius 2 is 2.54 bits per heavy atom. The van der Waals surface area contributed by atoms with Crippen LogP contribution < -0.4 is 0 Å². The van der Waals surface area contributed by atoms with Gasteiger partial charge >= 0.3 is 0 Å². The van der Waals surface area contributed by atoms with Crippen molar-refractivity contribution in [2.45, 2.75) is 38.0 Å².